The first-order valence-corrected chi connectivity index (χ1v) is 6.50. The molecule has 0 bridgehead atoms. The average molecular weight is 250 g/mol. The van der Waals surface area contributed by atoms with Gasteiger partial charge >= 0.3 is 5.97 Å². The van der Waals surface area contributed by atoms with Crippen LogP contribution in [0.2, 0.25) is 0 Å². The van der Waals surface area contributed by atoms with E-state index in [9.17, 15) is 9.59 Å². The summed E-state index contributed by atoms with van der Waals surface area (Å²) in [6.45, 7) is 7.70. The summed E-state index contributed by atoms with van der Waals surface area (Å²) in [5.41, 5.74) is 2.53. The molecule has 0 saturated carbocycles. The molecule has 100 valence electrons. The highest BCUT2D eigenvalue weighted by Gasteiger charge is 2.24. The van der Waals surface area contributed by atoms with Crippen molar-refractivity contribution in [1.82, 2.24) is 0 Å². The van der Waals surface area contributed by atoms with Crippen LogP contribution < -0.4 is 0 Å². The van der Waals surface area contributed by atoms with Gasteiger partial charge in [0.25, 0.3) is 0 Å². The first-order chi connectivity index (χ1) is 8.45. The molecule has 1 aliphatic rings. The molecule has 3 nitrogen and oxygen atoms in total. The largest absolute Gasteiger partial charge is 0.465 e. The van der Waals surface area contributed by atoms with Crippen molar-refractivity contribution in [1.29, 1.82) is 0 Å². The Bertz CT molecular complexity index is 391. The fourth-order valence-corrected chi connectivity index (χ4v) is 2.22. The van der Waals surface area contributed by atoms with Crippen molar-refractivity contribution in [3.05, 3.63) is 23.3 Å². The summed E-state index contributed by atoms with van der Waals surface area (Å²) in [4.78, 5) is 23.3. The van der Waals surface area contributed by atoms with Crippen molar-refractivity contribution >= 4 is 11.8 Å². The smallest absolute Gasteiger partial charge is 0.320 e. The summed E-state index contributed by atoms with van der Waals surface area (Å²) in [5, 5.41) is 0. The van der Waals surface area contributed by atoms with E-state index < -0.39 is 11.9 Å². The standard InChI is InChI=1S/C15H22O3/c1-5-18-15(17)14(12(4)16)9-13-7-6-10(2)8-11(13)3/h8-9,11,14H,5-7H2,1-4H3. The van der Waals surface area contributed by atoms with E-state index >= 15 is 0 Å². The number of hydrogen-bond acceptors (Lipinski definition) is 3. The molecule has 0 aromatic heterocycles. The lowest BCUT2D eigenvalue weighted by Gasteiger charge is -2.21. The molecule has 2 atom stereocenters. The minimum Gasteiger partial charge on any atom is -0.465 e. The van der Waals surface area contributed by atoms with Gasteiger partial charge in [-0.3, -0.25) is 9.59 Å². The molecular weight excluding hydrogens is 228 g/mol. The van der Waals surface area contributed by atoms with Gasteiger partial charge in [-0.25, -0.2) is 0 Å². The van der Waals surface area contributed by atoms with Crippen LogP contribution in [-0.2, 0) is 14.3 Å². The maximum absolute atomic E-state index is 11.7. The molecule has 0 fully saturated rings. The van der Waals surface area contributed by atoms with Gasteiger partial charge in [-0.2, -0.15) is 0 Å². The highest BCUT2D eigenvalue weighted by Crippen LogP contribution is 2.29. The second kappa shape index (κ2) is 6.53. The molecule has 18 heavy (non-hydrogen) atoms. The van der Waals surface area contributed by atoms with Crippen molar-refractivity contribution in [2.24, 2.45) is 11.8 Å². The first kappa shape index (κ1) is 14.7. The number of ketones is 1. The molecule has 0 N–H and O–H groups in total. The lowest BCUT2D eigenvalue weighted by molar-refractivity contribution is -0.149. The van der Waals surface area contributed by atoms with Crippen molar-refractivity contribution in [3.63, 3.8) is 0 Å². The lowest BCUT2D eigenvalue weighted by Crippen LogP contribution is -2.23. The van der Waals surface area contributed by atoms with Crippen molar-refractivity contribution in [2.45, 2.75) is 40.5 Å². The third-order valence-corrected chi connectivity index (χ3v) is 3.29. The van der Waals surface area contributed by atoms with Gasteiger partial charge in [0, 0.05) is 0 Å². The summed E-state index contributed by atoms with van der Waals surface area (Å²) in [6.07, 6.45) is 5.92. The van der Waals surface area contributed by atoms with Crippen LogP contribution in [0.5, 0.6) is 0 Å². The van der Waals surface area contributed by atoms with E-state index in [2.05, 4.69) is 19.9 Å². The van der Waals surface area contributed by atoms with Gasteiger partial charge in [-0.1, -0.05) is 30.2 Å². The Balaban J connectivity index is 2.89. The van der Waals surface area contributed by atoms with Gasteiger partial charge in [-0.05, 0) is 39.5 Å². The summed E-state index contributed by atoms with van der Waals surface area (Å²) >= 11 is 0. The van der Waals surface area contributed by atoms with Crippen molar-refractivity contribution < 1.29 is 14.3 Å². The molecule has 1 aliphatic carbocycles. The Hall–Kier alpha value is -1.38. The van der Waals surface area contributed by atoms with Gasteiger partial charge in [0.2, 0.25) is 0 Å². The van der Waals surface area contributed by atoms with E-state index in [1.165, 1.54) is 12.5 Å². The monoisotopic (exact) mass is 250 g/mol. The third-order valence-electron chi connectivity index (χ3n) is 3.29. The molecule has 2 unspecified atom stereocenters. The summed E-state index contributed by atoms with van der Waals surface area (Å²) in [7, 11) is 0. The zero-order valence-electron chi connectivity index (χ0n) is 11.7. The zero-order valence-corrected chi connectivity index (χ0v) is 11.7. The highest BCUT2D eigenvalue weighted by atomic mass is 16.5. The third kappa shape index (κ3) is 3.83. The summed E-state index contributed by atoms with van der Waals surface area (Å²) < 4.78 is 4.94. The molecule has 0 amide bonds. The number of allylic oxidation sites excluding steroid dienone is 3. The maximum atomic E-state index is 11.7. The normalized spacial score (nSPS) is 23.4. The van der Waals surface area contributed by atoms with Crippen LogP contribution in [0, 0.1) is 11.8 Å². The van der Waals surface area contributed by atoms with Gasteiger partial charge in [-0.15, -0.1) is 0 Å². The zero-order chi connectivity index (χ0) is 13.7. The minimum atomic E-state index is -0.741. The molecule has 0 heterocycles. The minimum absolute atomic E-state index is 0.153. The van der Waals surface area contributed by atoms with Crippen LogP contribution in [0.3, 0.4) is 0 Å². The summed E-state index contributed by atoms with van der Waals surface area (Å²) in [5.74, 6) is -1.03. The molecule has 0 aromatic rings. The predicted molar refractivity (Wildman–Crippen MR) is 71.0 cm³/mol. The molecule has 0 radical (unpaired) electrons. The van der Waals surface area contributed by atoms with Gasteiger partial charge in [0.05, 0.1) is 6.61 Å². The average Bonchev–Trinajstić information content (AvgIpc) is 2.27. The maximum Gasteiger partial charge on any atom is 0.320 e. The Morgan fingerprint density at radius 2 is 2.17 bits per heavy atom. The lowest BCUT2D eigenvalue weighted by atomic mass is 9.85. The van der Waals surface area contributed by atoms with Gasteiger partial charge in [0.15, 0.2) is 0 Å². The van der Waals surface area contributed by atoms with Crippen LogP contribution in [0.15, 0.2) is 23.3 Å². The molecule has 0 aliphatic heterocycles. The van der Waals surface area contributed by atoms with Gasteiger partial charge < -0.3 is 4.74 Å². The van der Waals surface area contributed by atoms with Crippen molar-refractivity contribution in [3.8, 4) is 0 Å². The van der Waals surface area contributed by atoms with E-state index in [4.69, 9.17) is 4.74 Å². The van der Waals surface area contributed by atoms with Gasteiger partial charge in [0.1, 0.15) is 11.7 Å². The molecule has 3 heteroatoms. The van der Waals surface area contributed by atoms with E-state index in [0.717, 1.165) is 18.4 Å². The Morgan fingerprint density at radius 3 is 2.67 bits per heavy atom. The summed E-state index contributed by atoms with van der Waals surface area (Å²) in [6, 6.07) is 0. The Labute approximate surface area is 109 Å². The predicted octanol–water partition coefficient (Wildman–Crippen LogP) is 3.06. The number of carbonyl (C=O) groups is 2. The van der Waals surface area contributed by atoms with E-state index in [1.54, 1.807) is 13.0 Å². The second-order valence-electron chi connectivity index (χ2n) is 4.88. The first-order valence-electron chi connectivity index (χ1n) is 6.50. The number of Topliss-reactive ketones (excluding diaryl/α,β-unsaturated/α-hetero) is 1. The molecule has 1 rings (SSSR count). The molecule has 0 spiro atoms. The Morgan fingerprint density at radius 1 is 1.50 bits per heavy atom. The number of hydrogen-bond donors (Lipinski definition) is 0. The van der Waals surface area contributed by atoms with Crippen LogP contribution in [-0.4, -0.2) is 18.4 Å². The van der Waals surface area contributed by atoms with Crippen LogP contribution >= 0.6 is 0 Å². The molecule has 0 aromatic carbocycles. The number of rotatable bonds is 4. The van der Waals surface area contributed by atoms with E-state index in [-0.39, 0.29) is 5.78 Å². The number of ether oxygens (including phenoxy) is 1. The molecular formula is C15H22O3. The Kier molecular flexibility index (Phi) is 5.32. The second-order valence-corrected chi connectivity index (χ2v) is 4.88. The molecule has 0 saturated heterocycles. The van der Waals surface area contributed by atoms with Crippen LogP contribution in [0.4, 0.5) is 0 Å². The topological polar surface area (TPSA) is 43.4 Å². The quantitative estimate of drug-likeness (QED) is 0.437. The van der Waals surface area contributed by atoms with E-state index in [0.29, 0.717) is 12.5 Å². The fraction of sp³-hybridized carbons (Fsp3) is 0.600. The van der Waals surface area contributed by atoms with Crippen LogP contribution in [0.25, 0.3) is 0 Å². The van der Waals surface area contributed by atoms with Crippen molar-refractivity contribution in [2.75, 3.05) is 6.61 Å². The number of carbonyl (C=O) groups excluding carboxylic acids is 2. The van der Waals surface area contributed by atoms with E-state index in [1.807, 2.05) is 0 Å². The fourth-order valence-electron chi connectivity index (χ4n) is 2.22. The SMILES string of the molecule is CCOC(=O)C(C=C1CCC(C)=CC1C)C(C)=O. The highest BCUT2D eigenvalue weighted by molar-refractivity contribution is 5.99. The number of esters is 1. The van der Waals surface area contributed by atoms with Crippen LogP contribution in [0.1, 0.15) is 40.5 Å².